The van der Waals surface area contributed by atoms with Crippen LogP contribution in [0.3, 0.4) is 0 Å². The van der Waals surface area contributed by atoms with E-state index in [0.29, 0.717) is 5.56 Å². The zero-order chi connectivity index (χ0) is 14.4. The molecule has 0 saturated carbocycles. The number of carbonyl (C=O) groups excluding carboxylic acids is 1. The predicted molar refractivity (Wildman–Crippen MR) is 75.5 cm³/mol. The Morgan fingerprint density at radius 3 is 2.75 bits per heavy atom. The van der Waals surface area contributed by atoms with Gasteiger partial charge in [0.15, 0.2) is 0 Å². The molecule has 2 rings (SSSR count). The minimum atomic E-state index is -0.409. The first-order valence-corrected chi connectivity index (χ1v) is 7.27. The first-order valence-electron chi connectivity index (χ1n) is 7.27. The molecule has 1 heterocycles. The van der Waals surface area contributed by atoms with Crippen LogP contribution in [-0.4, -0.2) is 36.0 Å². The number of hydrogen-bond donors (Lipinski definition) is 1. The molecule has 0 radical (unpaired) electrons. The summed E-state index contributed by atoms with van der Waals surface area (Å²) in [6, 6.07) is 8.90. The first kappa shape index (κ1) is 15.0. The summed E-state index contributed by atoms with van der Waals surface area (Å²) in [6.45, 7) is 1.99. The summed E-state index contributed by atoms with van der Waals surface area (Å²) in [6.07, 6.45) is 3.05. The van der Waals surface area contributed by atoms with Gasteiger partial charge in [-0.1, -0.05) is 31.5 Å². The number of esters is 1. The smallest absolute Gasteiger partial charge is 0.338 e. The molecule has 1 aromatic carbocycles. The highest BCUT2D eigenvalue weighted by Gasteiger charge is 2.33. The standard InChI is InChI=1S/C16H22O4/c1-2-6-13-9-10-14(15(11-17)19-13)20-16(18)12-7-4-3-5-8-12/h3-5,7-8,13-15,17H,2,6,9-11H2,1H3/t13-,14+,15-/m1/s1. The van der Waals surface area contributed by atoms with Gasteiger partial charge < -0.3 is 14.6 Å². The van der Waals surface area contributed by atoms with E-state index in [0.717, 1.165) is 25.7 Å². The molecule has 0 amide bonds. The van der Waals surface area contributed by atoms with Gasteiger partial charge in [-0.2, -0.15) is 0 Å². The van der Waals surface area contributed by atoms with Crippen molar-refractivity contribution in [2.75, 3.05) is 6.61 Å². The molecule has 1 aliphatic rings. The Kier molecular flexibility index (Phi) is 5.56. The number of benzene rings is 1. The predicted octanol–water partition coefficient (Wildman–Crippen LogP) is 2.55. The summed E-state index contributed by atoms with van der Waals surface area (Å²) >= 11 is 0. The molecule has 1 fully saturated rings. The van der Waals surface area contributed by atoms with Gasteiger partial charge >= 0.3 is 5.97 Å². The lowest BCUT2D eigenvalue weighted by Gasteiger charge is -2.35. The van der Waals surface area contributed by atoms with Crippen LogP contribution >= 0.6 is 0 Å². The van der Waals surface area contributed by atoms with Crippen molar-refractivity contribution in [2.45, 2.75) is 50.9 Å². The lowest BCUT2D eigenvalue weighted by molar-refractivity contribution is -0.138. The molecule has 1 aromatic rings. The second-order valence-corrected chi connectivity index (χ2v) is 5.15. The third kappa shape index (κ3) is 3.81. The summed E-state index contributed by atoms with van der Waals surface area (Å²) in [5.41, 5.74) is 0.528. The van der Waals surface area contributed by atoms with E-state index >= 15 is 0 Å². The van der Waals surface area contributed by atoms with Crippen molar-refractivity contribution < 1.29 is 19.4 Å². The van der Waals surface area contributed by atoms with Crippen LogP contribution in [0.5, 0.6) is 0 Å². The SMILES string of the molecule is CCC[C@@H]1CC[C@H](OC(=O)c2ccccc2)[C@@H](CO)O1. The van der Waals surface area contributed by atoms with Crippen molar-refractivity contribution in [3.05, 3.63) is 35.9 Å². The number of ether oxygens (including phenoxy) is 2. The quantitative estimate of drug-likeness (QED) is 0.841. The highest BCUT2D eigenvalue weighted by molar-refractivity contribution is 5.89. The van der Waals surface area contributed by atoms with E-state index < -0.39 is 6.10 Å². The number of aliphatic hydroxyl groups excluding tert-OH is 1. The van der Waals surface area contributed by atoms with Crippen LogP contribution in [0.2, 0.25) is 0 Å². The van der Waals surface area contributed by atoms with Crippen molar-refractivity contribution >= 4 is 5.97 Å². The Labute approximate surface area is 119 Å². The van der Waals surface area contributed by atoms with Crippen LogP contribution in [-0.2, 0) is 9.47 Å². The minimum absolute atomic E-state index is 0.118. The molecular formula is C16H22O4. The van der Waals surface area contributed by atoms with Gasteiger partial charge in [-0.05, 0) is 31.4 Å². The van der Waals surface area contributed by atoms with E-state index in [1.165, 1.54) is 0 Å². The van der Waals surface area contributed by atoms with E-state index in [4.69, 9.17) is 9.47 Å². The van der Waals surface area contributed by atoms with Gasteiger partial charge in [-0.25, -0.2) is 4.79 Å². The molecule has 0 bridgehead atoms. The van der Waals surface area contributed by atoms with Crippen LogP contribution in [0.15, 0.2) is 30.3 Å². The number of aliphatic hydroxyl groups is 1. The normalized spacial score (nSPS) is 26.2. The lowest BCUT2D eigenvalue weighted by Crippen LogP contribution is -2.43. The van der Waals surface area contributed by atoms with Gasteiger partial charge in [0.1, 0.15) is 12.2 Å². The van der Waals surface area contributed by atoms with E-state index in [2.05, 4.69) is 6.92 Å². The molecule has 1 N–H and O–H groups in total. The van der Waals surface area contributed by atoms with Crippen molar-refractivity contribution in [3.63, 3.8) is 0 Å². The van der Waals surface area contributed by atoms with Gasteiger partial charge in [0.25, 0.3) is 0 Å². The fourth-order valence-electron chi connectivity index (χ4n) is 2.55. The van der Waals surface area contributed by atoms with E-state index in [-0.39, 0.29) is 24.8 Å². The lowest BCUT2D eigenvalue weighted by atomic mass is 9.98. The molecule has 0 spiro atoms. The summed E-state index contributed by atoms with van der Waals surface area (Å²) in [7, 11) is 0. The molecule has 4 nitrogen and oxygen atoms in total. The van der Waals surface area contributed by atoms with Crippen molar-refractivity contribution in [3.8, 4) is 0 Å². The van der Waals surface area contributed by atoms with Gasteiger partial charge in [0.2, 0.25) is 0 Å². The van der Waals surface area contributed by atoms with Crippen LogP contribution in [0.25, 0.3) is 0 Å². The van der Waals surface area contributed by atoms with Gasteiger partial charge in [0, 0.05) is 0 Å². The highest BCUT2D eigenvalue weighted by atomic mass is 16.6. The number of hydrogen-bond acceptors (Lipinski definition) is 4. The molecule has 4 heteroatoms. The second kappa shape index (κ2) is 7.41. The Morgan fingerprint density at radius 2 is 2.10 bits per heavy atom. The van der Waals surface area contributed by atoms with Gasteiger partial charge in [-0.15, -0.1) is 0 Å². The largest absolute Gasteiger partial charge is 0.456 e. The molecule has 20 heavy (non-hydrogen) atoms. The number of carbonyl (C=O) groups is 1. The Hall–Kier alpha value is -1.39. The number of rotatable bonds is 5. The summed E-state index contributed by atoms with van der Waals surface area (Å²) in [5.74, 6) is -0.355. The summed E-state index contributed by atoms with van der Waals surface area (Å²) in [5, 5.41) is 9.41. The average Bonchev–Trinajstić information content (AvgIpc) is 2.50. The van der Waals surface area contributed by atoms with E-state index in [1.807, 2.05) is 6.07 Å². The summed E-state index contributed by atoms with van der Waals surface area (Å²) in [4.78, 5) is 12.0. The Bertz CT molecular complexity index is 418. The zero-order valence-electron chi connectivity index (χ0n) is 11.8. The van der Waals surface area contributed by atoms with Crippen LogP contribution in [0, 0.1) is 0 Å². The van der Waals surface area contributed by atoms with Crippen molar-refractivity contribution in [1.29, 1.82) is 0 Å². The first-order chi connectivity index (χ1) is 9.74. The maximum atomic E-state index is 12.0. The highest BCUT2D eigenvalue weighted by Crippen LogP contribution is 2.25. The third-order valence-electron chi connectivity index (χ3n) is 3.61. The zero-order valence-corrected chi connectivity index (χ0v) is 11.8. The molecule has 1 saturated heterocycles. The van der Waals surface area contributed by atoms with Crippen molar-refractivity contribution in [1.82, 2.24) is 0 Å². The Morgan fingerprint density at radius 1 is 1.35 bits per heavy atom. The topological polar surface area (TPSA) is 55.8 Å². The second-order valence-electron chi connectivity index (χ2n) is 5.15. The molecule has 0 aromatic heterocycles. The van der Waals surface area contributed by atoms with Crippen LogP contribution < -0.4 is 0 Å². The van der Waals surface area contributed by atoms with E-state index in [1.54, 1.807) is 24.3 Å². The molecule has 1 aliphatic heterocycles. The minimum Gasteiger partial charge on any atom is -0.456 e. The van der Waals surface area contributed by atoms with Gasteiger partial charge in [0.05, 0.1) is 18.3 Å². The molecular weight excluding hydrogens is 256 g/mol. The fraction of sp³-hybridized carbons (Fsp3) is 0.562. The van der Waals surface area contributed by atoms with Crippen LogP contribution in [0.1, 0.15) is 43.0 Å². The van der Waals surface area contributed by atoms with E-state index in [9.17, 15) is 9.90 Å². The maximum Gasteiger partial charge on any atom is 0.338 e. The van der Waals surface area contributed by atoms with Gasteiger partial charge in [-0.3, -0.25) is 0 Å². The monoisotopic (exact) mass is 278 g/mol. The average molecular weight is 278 g/mol. The molecule has 110 valence electrons. The van der Waals surface area contributed by atoms with Crippen molar-refractivity contribution in [2.24, 2.45) is 0 Å². The summed E-state index contributed by atoms with van der Waals surface area (Å²) < 4.78 is 11.3. The maximum absolute atomic E-state index is 12.0. The molecule has 3 atom stereocenters. The molecule has 0 unspecified atom stereocenters. The van der Waals surface area contributed by atoms with Crippen LogP contribution in [0.4, 0.5) is 0 Å². The third-order valence-corrected chi connectivity index (χ3v) is 3.61. The Balaban J connectivity index is 1.93. The fourth-order valence-corrected chi connectivity index (χ4v) is 2.55. The molecule has 0 aliphatic carbocycles.